The SMILES string of the molecule is CCOc1cc(/C=C/C(=O)OCC(=O)NC(=O)Nc2ccccc2F)cc(Cl)c1OC. The number of halogens is 2. The molecular formula is C21H20ClFN2O6. The van der Waals surface area contributed by atoms with Crippen molar-refractivity contribution in [2.24, 2.45) is 0 Å². The molecule has 0 unspecified atom stereocenters. The topological polar surface area (TPSA) is 103 Å². The second-order valence-corrected chi connectivity index (χ2v) is 6.30. The first-order valence-corrected chi connectivity index (χ1v) is 9.42. The average Bonchev–Trinajstić information content (AvgIpc) is 2.72. The van der Waals surface area contributed by atoms with Crippen LogP contribution >= 0.6 is 11.6 Å². The Balaban J connectivity index is 1.87. The molecule has 0 fully saturated rings. The lowest BCUT2D eigenvalue weighted by molar-refractivity contribution is -0.143. The van der Waals surface area contributed by atoms with Crippen molar-refractivity contribution in [3.05, 3.63) is 58.9 Å². The van der Waals surface area contributed by atoms with E-state index < -0.39 is 30.3 Å². The second-order valence-electron chi connectivity index (χ2n) is 5.89. The number of hydrogen-bond donors (Lipinski definition) is 2. The Morgan fingerprint density at radius 1 is 1.19 bits per heavy atom. The van der Waals surface area contributed by atoms with E-state index in [1.807, 2.05) is 5.32 Å². The minimum atomic E-state index is -0.960. The van der Waals surface area contributed by atoms with Crippen LogP contribution in [-0.4, -0.2) is 38.2 Å². The summed E-state index contributed by atoms with van der Waals surface area (Å²) in [7, 11) is 1.46. The molecule has 3 amide bonds. The van der Waals surface area contributed by atoms with Crippen molar-refractivity contribution in [2.75, 3.05) is 25.6 Å². The summed E-state index contributed by atoms with van der Waals surface area (Å²) < 4.78 is 28.9. The molecule has 0 spiro atoms. The molecule has 8 nitrogen and oxygen atoms in total. The number of amides is 3. The Kier molecular flexibility index (Phi) is 8.83. The number of nitrogens with one attached hydrogen (secondary N) is 2. The highest BCUT2D eigenvalue weighted by Crippen LogP contribution is 2.36. The molecule has 0 saturated heterocycles. The average molecular weight is 451 g/mol. The van der Waals surface area contributed by atoms with E-state index in [0.29, 0.717) is 28.7 Å². The van der Waals surface area contributed by atoms with Crippen LogP contribution in [0.15, 0.2) is 42.5 Å². The monoisotopic (exact) mass is 450 g/mol. The smallest absolute Gasteiger partial charge is 0.331 e. The van der Waals surface area contributed by atoms with Crippen LogP contribution < -0.4 is 20.1 Å². The first kappa shape index (κ1) is 23.7. The quantitative estimate of drug-likeness (QED) is 0.468. The highest BCUT2D eigenvalue weighted by atomic mass is 35.5. The van der Waals surface area contributed by atoms with Gasteiger partial charge in [0.1, 0.15) is 5.82 Å². The molecule has 0 heterocycles. The zero-order valence-corrected chi connectivity index (χ0v) is 17.5. The minimum absolute atomic E-state index is 0.0997. The lowest BCUT2D eigenvalue weighted by Gasteiger charge is -2.11. The molecule has 31 heavy (non-hydrogen) atoms. The zero-order chi connectivity index (χ0) is 22.8. The molecule has 2 N–H and O–H groups in total. The van der Waals surface area contributed by atoms with E-state index in [0.717, 1.165) is 12.1 Å². The van der Waals surface area contributed by atoms with Gasteiger partial charge in [-0.1, -0.05) is 23.7 Å². The van der Waals surface area contributed by atoms with Gasteiger partial charge in [-0.2, -0.15) is 0 Å². The van der Waals surface area contributed by atoms with E-state index in [4.69, 9.17) is 25.8 Å². The third-order valence-corrected chi connectivity index (χ3v) is 3.95. The first-order chi connectivity index (χ1) is 14.8. The molecule has 10 heteroatoms. The molecule has 164 valence electrons. The number of anilines is 1. The van der Waals surface area contributed by atoms with Crippen molar-refractivity contribution < 1.29 is 33.0 Å². The van der Waals surface area contributed by atoms with Crippen molar-refractivity contribution in [2.45, 2.75) is 6.92 Å². The van der Waals surface area contributed by atoms with Crippen molar-refractivity contribution in [1.82, 2.24) is 5.32 Å². The van der Waals surface area contributed by atoms with Gasteiger partial charge in [-0.3, -0.25) is 10.1 Å². The van der Waals surface area contributed by atoms with Crippen molar-refractivity contribution in [3.63, 3.8) is 0 Å². The van der Waals surface area contributed by atoms with Crippen LogP contribution in [0.25, 0.3) is 6.08 Å². The standard InChI is InChI=1S/C21H20ClFN2O6/c1-3-30-17-11-13(10-14(22)20(17)29-2)8-9-19(27)31-12-18(26)25-21(28)24-16-7-5-4-6-15(16)23/h4-11H,3,12H2,1-2H3,(H2,24,25,26,28)/b9-8+. The van der Waals surface area contributed by atoms with Gasteiger partial charge in [0, 0.05) is 6.08 Å². The summed E-state index contributed by atoms with van der Waals surface area (Å²) in [5, 5.41) is 4.39. The summed E-state index contributed by atoms with van der Waals surface area (Å²) in [5.74, 6) is -1.59. The molecule has 0 radical (unpaired) electrons. The minimum Gasteiger partial charge on any atom is -0.491 e. The molecule has 0 saturated carbocycles. The Morgan fingerprint density at radius 3 is 2.61 bits per heavy atom. The third-order valence-electron chi connectivity index (χ3n) is 3.67. The Hall–Kier alpha value is -3.59. The van der Waals surface area contributed by atoms with Gasteiger partial charge in [-0.25, -0.2) is 14.0 Å². The molecule has 0 bridgehead atoms. The number of methoxy groups -OCH3 is 1. The summed E-state index contributed by atoms with van der Waals surface area (Å²) in [6.45, 7) is 1.48. The lowest BCUT2D eigenvalue weighted by Crippen LogP contribution is -2.37. The van der Waals surface area contributed by atoms with E-state index in [9.17, 15) is 18.8 Å². The lowest BCUT2D eigenvalue weighted by atomic mass is 10.2. The summed E-state index contributed by atoms with van der Waals surface area (Å²) >= 11 is 6.14. The van der Waals surface area contributed by atoms with Gasteiger partial charge in [0.25, 0.3) is 5.91 Å². The van der Waals surface area contributed by atoms with Crippen LogP contribution in [0, 0.1) is 5.82 Å². The maximum atomic E-state index is 13.5. The van der Waals surface area contributed by atoms with Gasteiger partial charge in [-0.05, 0) is 42.8 Å². The van der Waals surface area contributed by atoms with Crippen LogP contribution in [0.5, 0.6) is 11.5 Å². The normalized spacial score (nSPS) is 10.5. The highest BCUT2D eigenvalue weighted by Gasteiger charge is 2.13. The number of carbonyl (C=O) groups is 3. The summed E-state index contributed by atoms with van der Waals surface area (Å²) in [6, 6.07) is 7.67. The van der Waals surface area contributed by atoms with Gasteiger partial charge < -0.3 is 19.5 Å². The van der Waals surface area contributed by atoms with Crippen molar-refractivity contribution in [1.29, 1.82) is 0 Å². The number of esters is 1. The van der Waals surface area contributed by atoms with Crippen LogP contribution in [-0.2, 0) is 14.3 Å². The fourth-order valence-corrected chi connectivity index (χ4v) is 2.67. The van der Waals surface area contributed by atoms with Crippen molar-refractivity contribution in [3.8, 4) is 11.5 Å². The maximum absolute atomic E-state index is 13.5. The summed E-state index contributed by atoms with van der Waals surface area (Å²) in [5.41, 5.74) is 0.442. The molecule has 2 aromatic carbocycles. The number of imide groups is 1. The van der Waals surface area contributed by atoms with Crippen LogP contribution in [0.2, 0.25) is 5.02 Å². The van der Waals surface area contributed by atoms with Gasteiger partial charge in [0.05, 0.1) is 24.4 Å². The van der Waals surface area contributed by atoms with Crippen LogP contribution in [0.1, 0.15) is 12.5 Å². The van der Waals surface area contributed by atoms with Gasteiger partial charge in [-0.15, -0.1) is 0 Å². The Labute approximate surface area is 182 Å². The predicted molar refractivity (Wildman–Crippen MR) is 113 cm³/mol. The van der Waals surface area contributed by atoms with E-state index >= 15 is 0 Å². The fourth-order valence-electron chi connectivity index (χ4n) is 2.37. The Bertz CT molecular complexity index is 996. The Morgan fingerprint density at radius 2 is 1.94 bits per heavy atom. The molecule has 2 rings (SSSR count). The number of ether oxygens (including phenoxy) is 3. The number of carbonyl (C=O) groups excluding carboxylic acids is 3. The van der Waals surface area contributed by atoms with Gasteiger partial charge >= 0.3 is 12.0 Å². The number of rotatable bonds is 8. The number of para-hydroxylation sites is 1. The second kappa shape index (κ2) is 11.6. The van der Waals surface area contributed by atoms with E-state index in [1.54, 1.807) is 19.1 Å². The van der Waals surface area contributed by atoms with Gasteiger partial charge in [0.2, 0.25) is 0 Å². The first-order valence-electron chi connectivity index (χ1n) is 9.04. The number of hydrogen-bond acceptors (Lipinski definition) is 6. The van der Waals surface area contributed by atoms with Crippen LogP contribution in [0.3, 0.4) is 0 Å². The molecule has 0 atom stereocenters. The number of benzene rings is 2. The number of urea groups is 1. The third kappa shape index (κ3) is 7.31. The highest BCUT2D eigenvalue weighted by molar-refractivity contribution is 6.32. The van der Waals surface area contributed by atoms with E-state index in [-0.39, 0.29) is 5.69 Å². The van der Waals surface area contributed by atoms with Crippen molar-refractivity contribution >= 4 is 41.3 Å². The molecule has 2 aromatic rings. The molecule has 0 aliphatic rings. The largest absolute Gasteiger partial charge is 0.491 e. The predicted octanol–water partition coefficient (Wildman–Crippen LogP) is 3.79. The fraction of sp³-hybridized carbons (Fsp3) is 0.190. The molecule has 0 aliphatic heterocycles. The molecular weight excluding hydrogens is 431 g/mol. The molecule has 0 aromatic heterocycles. The zero-order valence-electron chi connectivity index (χ0n) is 16.7. The van der Waals surface area contributed by atoms with E-state index in [1.165, 1.54) is 31.4 Å². The summed E-state index contributed by atoms with van der Waals surface area (Å²) in [6.07, 6.45) is 2.50. The summed E-state index contributed by atoms with van der Waals surface area (Å²) in [4.78, 5) is 35.3. The van der Waals surface area contributed by atoms with Crippen LogP contribution in [0.4, 0.5) is 14.9 Å². The molecule has 0 aliphatic carbocycles. The maximum Gasteiger partial charge on any atom is 0.331 e. The van der Waals surface area contributed by atoms with Gasteiger partial charge in [0.15, 0.2) is 18.1 Å². The van der Waals surface area contributed by atoms with E-state index in [2.05, 4.69) is 5.32 Å².